The second-order valence-corrected chi connectivity index (χ2v) is 4.88. The molecule has 3 nitrogen and oxygen atoms in total. The number of nitrogens with one attached hydrogen (secondary N) is 1. The quantitative estimate of drug-likeness (QED) is 0.722. The molecule has 2 N–H and O–H groups in total. The summed E-state index contributed by atoms with van der Waals surface area (Å²) in [5.74, 6) is -0.110. The van der Waals surface area contributed by atoms with Crippen LogP contribution in [0.5, 0.6) is 0 Å². The third-order valence-electron chi connectivity index (χ3n) is 1.85. The largest absolute Gasteiger partial charge is 0.391 e. The van der Waals surface area contributed by atoms with Gasteiger partial charge < -0.3 is 10.4 Å². The van der Waals surface area contributed by atoms with E-state index in [-0.39, 0.29) is 10.7 Å². The summed E-state index contributed by atoms with van der Waals surface area (Å²) in [5.41, 5.74) is -0.570. The fourth-order valence-corrected chi connectivity index (χ4v) is 0.636. The van der Waals surface area contributed by atoms with Crippen molar-refractivity contribution in [3.63, 3.8) is 0 Å². The normalized spacial score (nSPS) is 16.8. The molecule has 0 aromatic heterocycles. The Balaban J connectivity index is 4.15. The highest BCUT2D eigenvalue weighted by Gasteiger charge is 2.27. The van der Waals surface area contributed by atoms with Crippen LogP contribution in [0.25, 0.3) is 0 Å². The Morgan fingerprint density at radius 2 is 1.92 bits per heavy atom. The van der Waals surface area contributed by atoms with Gasteiger partial charge in [-0.25, -0.2) is 0 Å². The molecule has 0 aliphatic rings. The van der Waals surface area contributed by atoms with Crippen molar-refractivity contribution >= 4 is 21.8 Å². The number of aliphatic hydroxyl groups is 1. The van der Waals surface area contributed by atoms with Gasteiger partial charge in [-0.1, -0.05) is 15.9 Å². The maximum Gasteiger partial charge on any atom is 0.233 e. The van der Waals surface area contributed by atoms with Gasteiger partial charge in [0.2, 0.25) is 5.91 Å². The zero-order valence-corrected chi connectivity index (χ0v) is 9.47. The first-order valence-corrected chi connectivity index (χ1v) is 4.83. The van der Waals surface area contributed by atoms with Crippen LogP contribution in [-0.4, -0.2) is 27.5 Å². The van der Waals surface area contributed by atoms with E-state index in [4.69, 9.17) is 0 Å². The molecule has 2 atom stereocenters. The Morgan fingerprint density at radius 1 is 1.50 bits per heavy atom. The monoisotopic (exact) mass is 237 g/mol. The Kier molecular flexibility index (Phi) is 4.20. The number of hydrogen-bond acceptors (Lipinski definition) is 2. The van der Waals surface area contributed by atoms with Gasteiger partial charge in [0, 0.05) is 0 Å². The lowest BCUT2D eigenvalue weighted by molar-refractivity contribution is -0.123. The van der Waals surface area contributed by atoms with Crippen molar-refractivity contribution in [3.8, 4) is 0 Å². The molecule has 0 radical (unpaired) electrons. The SMILES string of the molecule is CC(Br)C(=O)NC(C)(C)C(C)O. The molecule has 0 saturated carbocycles. The number of aliphatic hydroxyl groups excluding tert-OH is 1. The van der Waals surface area contributed by atoms with Crippen molar-refractivity contribution in [3.05, 3.63) is 0 Å². The van der Waals surface area contributed by atoms with E-state index in [9.17, 15) is 9.90 Å². The number of halogens is 1. The van der Waals surface area contributed by atoms with E-state index in [1.165, 1.54) is 0 Å². The average Bonchev–Trinajstić information content (AvgIpc) is 1.85. The minimum absolute atomic E-state index is 0.110. The molecule has 0 bridgehead atoms. The molecule has 4 heteroatoms. The topological polar surface area (TPSA) is 49.3 Å². The fourth-order valence-electron chi connectivity index (χ4n) is 0.521. The van der Waals surface area contributed by atoms with Crippen LogP contribution in [0.4, 0.5) is 0 Å². The first kappa shape index (κ1) is 11.9. The van der Waals surface area contributed by atoms with E-state index in [2.05, 4.69) is 21.2 Å². The maximum absolute atomic E-state index is 11.2. The average molecular weight is 238 g/mol. The maximum atomic E-state index is 11.2. The third kappa shape index (κ3) is 3.54. The molecule has 12 heavy (non-hydrogen) atoms. The molecule has 0 saturated heterocycles. The predicted molar refractivity (Wildman–Crippen MR) is 52.3 cm³/mol. The lowest BCUT2D eigenvalue weighted by atomic mass is 9.99. The van der Waals surface area contributed by atoms with E-state index in [0.29, 0.717) is 0 Å². The number of amides is 1. The predicted octanol–water partition coefficient (Wildman–Crippen LogP) is 1.05. The molecule has 0 aromatic carbocycles. The van der Waals surface area contributed by atoms with Crippen LogP contribution in [0, 0.1) is 0 Å². The molecule has 72 valence electrons. The highest BCUT2D eigenvalue weighted by molar-refractivity contribution is 9.10. The second kappa shape index (κ2) is 4.23. The highest BCUT2D eigenvalue weighted by Crippen LogP contribution is 2.09. The van der Waals surface area contributed by atoms with Crippen molar-refractivity contribution in [1.29, 1.82) is 0 Å². The summed E-state index contributed by atoms with van der Waals surface area (Å²) in [6.45, 7) is 6.96. The van der Waals surface area contributed by atoms with Gasteiger partial charge in [-0.2, -0.15) is 0 Å². The van der Waals surface area contributed by atoms with E-state index < -0.39 is 11.6 Å². The van der Waals surface area contributed by atoms with Gasteiger partial charge in [-0.05, 0) is 27.7 Å². The molecule has 0 rings (SSSR count). The van der Waals surface area contributed by atoms with Gasteiger partial charge in [0.25, 0.3) is 0 Å². The van der Waals surface area contributed by atoms with Crippen molar-refractivity contribution in [2.45, 2.75) is 44.2 Å². The summed E-state index contributed by atoms with van der Waals surface area (Å²) in [6, 6.07) is 0. The summed E-state index contributed by atoms with van der Waals surface area (Å²) >= 11 is 3.15. The second-order valence-electron chi connectivity index (χ2n) is 3.50. The van der Waals surface area contributed by atoms with Crippen LogP contribution in [0.1, 0.15) is 27.7 Å². The fraction of sp³-hybridized carbons (Fsp3) is 0.875. The van der Waals surface area contributed by atoms with Crippen LogP contribution in [0.3, 0.4) is 0 Å². The first-order valence-electron chi connectivity index (χ1n) is 3.91. The van der Waals surface area contributed by atoms with Crippen molar-refractivity contribution in [1.82, 2.24) is 5.32 Å². The highest BCUT2D eigenvalue weighted by atomic mass is 79.9. The summed E-state index contributed by atoms with van der Waals surface area (Å²) in [4.78, 5) is 11.0. The summed E-state index contributed by atoms with van der Waals surface area (Å²) in [6.07, 6.45) is -0.562. The van der Waals surface area contributed by atoms with Crippen molar-refractivity contribution in [2.75, 3.05) is 0 Å². The van der Waals surface area contributed by atoms with Gasteiger partial charge in [0.05, 0.1) is 16.5 Å². The molecule has 0 aliphatic heterocycles. The lowest BCUT2D eigenvalue weighted by Crippen LogP contribution is -2.52. The molecule has 0 fully saturated rings. The minimum Gasteiger partial charge on any atom is -0.391 e. The van der Waals surface area contributed by atoms with Crippen LogP contribution >= 0.6 is 15.9 Å². The van der Waals surface area contributed by atoms with Crippen LogP contribution in [0.2, 0.25) is 0 Å². The molecule has 0 aliphatic carbocycles. The Morgan fingerprint density at radius 3 is 2.17 bits per heavy atom. The zero-order valence-electron chi connectivity index (χ0n) is 7.89. The number of rotatable bonds is 3. The Hall–Kier alpha value is -0.0900. The molecular weight excluding hydrogens is 222 g/mol. The number of hydrogen-bond donors (Lipinski definition) is 2. The van der Waals surface area contributed by atoms with Gasteiger partial charge in [0.15, 0.2) is 0 Å². The molecule has 0 heterocycles. The van der Waals surface area contributed by atoms with Crippen LogP contribution < -0.4 is 5.32 Å². The molecule has 0 aromatic rings. The van der Waals surface area contributed by atoms with Crippen LogP contribution in [-0.2, 0) is 4.79 Å². The summed E-state index contributed by atoms with van der Waals surface area (Å²) in [5, 5.41) is 12.0. The van der Waals surface area contributed by atoms with Crippen molar-refractivity contribution < 1.29 is 9.90 Å². The third-order valence-corrected chi connectivity index (χ3v) is 2.27. The van der Waals surface area contributed by atoms with Gasteiger partial charge in [0.1, 0.15) is 0 Å². The standard InChI is InChI=1S/C8H16BrNO2/c1-5(9)7(12)10-8(3,4)6(2)11/h5-6,11H,1-4H3,(H,10,12). The number of alkyl halides is 1. The van der Waals surface area contributed by atoms with E-state index in [1.807, 2.05) is 0 Å². The molecule has 0 spiro atoms. The van der Waals surface area contributed by atoms with Crippen molar-refractivity contribution in [2.24, 2.45) is 0 Å². The number of carbonyl (C=O) groups is 1. The lowest BCUT2D eigenvalue weighted by Gasteiger charge is -2.29. The minimum atomic E-state index is -0.570. The molecule has 1 amide bonds. The van der Waals surface area contributed by atoms with Gasteiger partial charge >= 0.3 is 0 Å². The zero-order chi connectivity index (χ0) is 9.94. The molecular formula is C8H16BrNO2. The Bertz CT molecular complexity index is 166. The van der Waals surface area contributed by atoms with E-state index >= 15 is 0 Å². The number of carbonyl (C=O) groups excluding carboxylic acids is 1. The summed E-state index contributed by atoms with van der Waals surface area (Å²) < 4.78 is 0. The van der Waals surface area contributed by atoms with Crippen LogP contribution in [0.15, 0.2) is 0 Å². The van der Waals surface area contributed by atoms with Gasteiger partial charge in [-0.3, -0.25) is 4.79 Å². The van der Waals surface area contributed by atoms with E-state index in [1.54, 1.807) is 27.7 Å². The first-order chi connectivity index (χ1) is 5.27. The van der Waals surface area contributed by atoms with E-state index in [0.717, 1.165) is 0 Å². The Labute approximate surface area is 81.7 Å². The smallest absolute Gasteiger partial charge is 0.233 e. The van der Waals surface area contributed by atoms with Gasteiger partial charge in [-0.15, -0.1) is 0 Å². The summed E-state index contributed by atoms with van der Waals surface area (Å²) in [7, 11) is 0. The molecule has 2 unspecified atom stereocenters.